The number of pyridine rings is 1. The van der Waals surface area contributed by atoms with Crippen LogP contribution in [0.15, 0.2) is 71.3 Å². The monoisotopic (exact) mass is 439 g/mol. The third-order valence-corrected chi connectivity index (χ3v) is 5.09. The number of halogens is 1. The SMILES string of the molecule is Cc1cc(C)nc(NC(=O)c2cc(-c3ccc(F)cc3)nc3onc(-c4ccccc4)c23)n1. The topological polar surface area (TPSA) is 93.8 Å². The zero-order valence-corrected chi connectivity index (χ0v) is 17.8. The van der Waals surface area contributed by atoms with Crippen LogP contribution in [-0.4, -0.2) is 26.0 Å². The Hall–Kier alpha value is -4.46. The van der Waals surface area contributed by atoms with E-state index in [1.165, 1.54) is 12.1 Å². The number of aromatic nitrogens is 4. The molecule has 3 heterocycles. The van der Waals surface area contributed by atoms with E-state index < -0.39 is 5.91 Å². The Balaban J connectivity index is 1.68. The molecule has 0 bridgehead atoms. The molecular weight excluding hydrogens is 421 g/mol. The first-order valence-corrected chi connectivity index (χ1v) is 10.2. The second-order valence-electron chi connectivity index (χ2n) is 7.57. The molecule has 7 nitrogen and oxygen atoms in total. The van der Waals surface area contributed by atoms with Crippen LogP contribution in [0.4, 0.5) is 10.3 Å². The minimum atomic E-state index is -0.434. The van der Waals surface area contributed by atoms with Crippen LogP contribution in [0.25, 0.3) is 33.6 Å². The molecule has 0 unspecified atom stereocenters. The second kappa shape index (κ2) is 8.23. The summed E-state index contributed by atoms with van der Waals surface area (Å²) in [5.41, 5.74) is 4.32. The largest absolute Gasteiger partial charge is 0.335 e. The summed E-state index contributed by atoms with van der Waals surface area (Å²) in [5, 5.41) is 7.42. The summed E-state index contributed by atoms with van der Waals surface area (Å²) in [7, 11) is 0. The number of benzene rings is 2. The Morgan fingerprint density at radius 2 is 1.58 bits per heavy atom. The van der Waals surface area contributed by atoms with E-state index >= 15 is 0 Å². The van der Waals surface area contributed by atoms with E-state index in [9.17, 15) is 9.18 Å². The van der Waals surface area contributed by atoms with E-state index in [-0.39, 0.29) is 17.5 Å². The standard InChI is InChI=1S/C25H18FN5O2/c1-14-12-15(2)28-25(27-14)30-23(32)19-13-20(16-8-10-18(26)11-9-16)29-24-21(19)22(31-33-24)17-6-4-3-5-7-17/h3-13H,1-2H3,(H,27,28,30,32). The molecule has 5 aromatic rings. The third kappa shape index (κ3) is 4.06. The van der Waals surface area contributed by atoms with Gasteiger partial charge in [0.05, 0.1) is 16.6 Å². The minimum absolute atomic E-state index is 0.196. The number of aryl methyl sites for hydroxylation is 2. The van der Waals surface area contributed by atoms with Crippen molar-refractivity contribution in [2.24, 2.45) is 0 Å². The number of nitrogens with zero attached hydrogens (tertiary/aromatic N) is 4. The molecule has 33 heavy (non-hydrogen) atoms. The third-order valence-electron chi connectivity index (χ3n) is 5.09. The molecule has 0 saturated carbocycles. The molecule has 5 rings (SSSR count). The van der Waals surface area contributed by atoms with Gasteiger partial charge in [0.2, 0.25) is 5.95 Å². The van der Waals surface area contributed by atoms with Crippen molar-refractivity contribution in [3.63, 3.8) is 0 Å². The molecule has 0 aliphatic carbocycles. The van der Waals surface area contributed by atoms with Crippen molar-refractivity contribution in [2.45, 2.75) is 13.8 Å². The molecule has 3 aromatic heterocycles. The molecule has 162 valence electrons. The van der Waals surface area contributed by atoms with Crippen LogP contribution in [-0.2, 0) is 0 Å². The number of anilines is 1. The average molecular weight is 439 g/mol. The average Bonchev–Trinajstić information content (AvgIpc) is 3.23. The highest BCUT2D eigenvalue weighted by Crippen LogP contribution is 2.33. The Labute approximate surface area is 188 Å². The quantitative estimate of drug-likeness (QED) is 0.405. The van der Waals surface area contributed by atoms with Crippen molar-refractivity contribution in [1.29, 1.82) is 0 Å². The second-order valence-corrected chi connectivity index (χ2v) is 7.57. The van der Waals surface area contributed by atoms with Crippen LogP contribution in [0.3, 0.4) is 0 Å². The summed E-state index contributed by atoms with van der Waals surface area (Å²) in [6.07, 6.45) is 0. The lowest BCUT2D eigenvalue weighted by Crippen LogP contribution is -2.16. The molecular formula is C25H18FN5O2. The van der Waals surface area contributed by atoms with Crippen molar-refractivity contribution in [2.75, 3.05) is 5.32 Å². The highest BCUT2D eigenvalue weighted by atomic mass is 19.1. The summed E-state index contributed by atoms with van der Waals surface area (Å²) in [6, 6.07) is 18.7. The number of hydrogen-bond acceptors (Lipinski definition) is 6. The maximum atomic E-state index is 13.4. The van der Waals surface area contributed by atoms with Gasteiger partial charge in [0.25, 0.3) is 11.6 Å². The highest BCUT2D eigenvalue weighted by molar-refractivity contribution is 6.14. The summed E-state index contributed by atoms with van der Waals surface area (Å²) >= 11 is 0. The van der Waals surface area contributed by atoms with Gasteiger partial charge in [-0.1, -0.05) is 35.5 Å². The van der Waals surface area contributed by atoms with Crippen LogP contribution in [0, 0.1) is 19.7 Å². The van der Waals surface area contributed by atoms with E-state index in [1.54, 1.807) is 18.2 Å². The van der Waals surface area contributed by atoms with Gasteiger partial charge in [-0.3, -0.25) is 10.1 Å². The van der Waals surface area contributed by atoms with E-state index in [0.717, 1.165) is 17.0 Å². The minimum Gasteiger partial charge on any atom is -0.335 e. The summed E-state index contributed by atoms with van der Waals surface area (Å²) in [4.78, 5) is 26.6. The van der Waals surface area contributed by atoms with Gasteiger partial charge in [-0.2, -0.15) is 0 Å². The molecule has 8 heteroatoms. The first-order chi connectivity index (χ1) is 16.0. The lowest BCUT2D eigenvalue weighted by atomic mass is 10.0. The fourth-order valence-corrected chi connectivity index (χ4v) is 3.64. The van der Waals surface area contributed by atoms with Gasteiger partial charge in [-0.25, -0.2) is 19.3 Å². The Kier molecular flexibility index (Phi) is 5.10. The Morgan fingerprint density at radius 1 is 0.879 bits per heavy atom. The predicted molar refractivity (Wildman–Crippen MR) is 122 cm³/mol. The molecule has 0 saturated heterocycles. The summed E-state index contributed by atoms with van der Waals surface area (Å²) in [5.74, 6) is -0.601. The van der Waals surface area contributed by atoms with Crippen molar-refractivity contribution in [1.82, 2.24) is 20.1 Å². The van der Waals surface area contributed by atoms with Crippen LogP contribution < -0.4 is 5.32 Å². The van der Waals surface area contributed by atoms with Gasteiger partial charge >= 0.3 is 0 Å². The lowest BCUT2D eigenvalue weighted by molar-refractivity contribution is 0.102. The van der Waals surface area contributed by atoms with Crippen molar-refractivity contribution >= 4 is 23.0 Å². The summed E-state index contributed by atoms with van der Waals surface area (Å²) in [6.45, 7) is 3.66. The van der Waals surface area contributed by atoms with Gasteiger partial charge in [-0.15, -0.1) is 0 Å². The van der Waals surface area contributed by atoms with Gasteiger partial charge in [0.1, 0.15) is 11.5 Å². The molecule has 0 radical (unpaired) electrons. The molecule has 0 aliphatic heterocycles. The highest BCUT2D eigenvalue weighted by Gasteiger charge is 2.23. The maximum absolute atomic E-state index is 13.4. The summed E-state index contributed by atoms with van der Waals surface area (Å²) < 4.78 is 19.0. The molecule has 2 aromatic carbocycles. The smallest absolute Gasteiger partial charge is 0.259 e. The zero-order chi connectivity index (χ0) is 22.9. The normalized spacial score (nSPS) is 11.0. The maximum Gasteiger partial charge on any atom is 0.259 e. The number of amides is 1. The number of carbonyl (C=O) groups is 1. The van der Waals surface area contributed by atoms with Gasteiger partial charge in [0, 0.05) is 22.5 Å². The van der Waals surface area contributed by atoms with Crippen LogP contribution in [0.5, 0.6) is 0 Å². The number of fused-ring (bicyclic) bond motifs is 1. The Bertz CT molecular complexity index is 1460. The fourth-order valence-electron chi connectivity index (χ4n) is 3.64. The molecule has 0 spiro atoms. The van der Waals surface area contributed by atoms with Crippen LogP contribution in [0.2, 0.25) is 0 Å². The molecule has 0 atom stereocenters. The zero-order valence-electron chi connectivity index (χ0n) is 17.8. The van der Waals surface area contributed by atoms with Crippen LogP contribution in [0.1, 0.15) is 21.7 Å². The van der Waals surface area contributed by atoms with Gasteiger partial charge in [0.15, 0.2) is 0 Å². The van der Waals surface area contributed by atoms with Crippen molar-refractivity contribution in [3.8, 4) is 22.5 Å². The Morgan fingerprint density at radius 3 is 2.27 bits per heavy atom. The van der Waals surface area contributed by atoms with E-state index in [1.807, 2.05) is 50.2 Å². The van der Waals surface area contributed by atoms with E-state index in [2.05, 4.69) is 25.4 Å². The number of carbonyl (C=O) groups excluding carboxylic acids is 1. The molecule has 0 aliphatic rings. The molecule has 0 fully saturated rings. The molecule has 1 amide bonds. The molecule has 1 N–H and O–H groups in total. The number of nitrogens with one attached hydrogen (secondary N) is 1. The van der Waals surface area contributed by atoms with E-state index in [0.29, 0.717) is 27.9 Å². The number of hydrogen-bond donors (Lipinski definition) is 1. The first kappa shape index (κ1) is 20.4. The predicted octanol–water partition coefficient (Wildman–Crippen LogP) is 5.36. The van der Waals surface area contributed by atoms with E-state index in [4.69, 9.17) is 4.52 Å². The lowest BCUT2D eigenvalue weighted by Gasteiger charge is -2.09. The number of rotatable bonds is 4. The van der Waals surface area contributed by atoms with Crippen LogP contribution >= 0.6 is 0 Å². The van der Waals surface area contributed by atoms with Gasteiger partial charge in [-0.05, 0) is 50.2 Å². The van der Waals surface area contributed by atoms with Crippen molar-refractivity contribution in [3.05, 3.63) is 89.5 Å². The first-order valence-electron chi connectivity index (χ1n) is 10.2. The van der Waals surface area contributed by atoms with Gasteiger partial charge < -0.3 is 4.52 Å². The van der Waals surface area contributed by atoms with Crippen molar-refractivity contribution < 1.29 is 13.7 Å². The fraction of sp³-hybridized carbons (Fsp3) is 0.0800.